The van der Waals surface area contributed by atoms with Crippen molar-refractivity contribution in [3.63, 3.8) is 0 Å². The maximum atomic E-state index is 5.72. The average molecular weight is 332 g/mol. The number of fused-ring (bicyclic) bond motifs is 1. The molecular weight excluding hydrogens is 318 g/mol. The molecule has 0 saturated carbocycles. The lowest BCUT2D eigenvalue weighted by Gasteiger charge is -2.15. The van der Waals surface area contributed by atoms with Crippen molar-refractivity contribution in [1.82, 2.24) is 20.0 Å². The first-order valence-corrected chi connectivity index (χ1v) is 7.05. The standard InChI is InChI=1S/C14H14BrN5/c15-11-3-1-2-10(6-11)7-13(19-16)12-8-18-20-5-4-17-9-14(12)20/h1-6,8-9,13,19H,7,16H2. The van der Waals surface area contributed by atoms with Gasteiger partial charge in [-0.05, 0) is 24.1 Å². The summed E-state index contributed by atoms with van der Waals surface area (Å²) in [5.41, 5.74) is 6.07. The number of hydrogen-bond donors (Lipinski definition) is 2. The normalized spacial score (nSPS) is 12.7. The van der Waals surface area contributed by atoms with Gasteiger partial charge in [0, 0.05) is 22.4 Å². The van der Waals surface area contributed by atoms with Gasteiger partial charge < -0.3 is 0 Å². The Kier molecular flexibility index (Phi) is 3.77. The molecule has 0 bridgehead atoms. The molecule has 20 heavy (non-hydrogen) atoms. The van der Waals surface area contributed by atoms with E-state index in [1.165, 1.54) is 5.56 Å². The summed E-state index contributed by atoms with van der Waals surface area (Å²) in [4.78, 5) is 4.15. The Labute approximate surface area is 124 Å². The van der Waals surface area contributed by atoms with Crippen LogP contribution in [0, 0.1) is 0 Å². The summed E-state index contributed by atoms with van der Waals surface area (Å²) < 4.78 is 2.86. The summed E-state index contributed by atoms with van der Waals surface area (Å²) in [6.45, 7) is 0. The molecular formula is C14H14BrN5. The lowest BCUT2D eigenvalue weighted by molar-refractivity contribution is 0.555. The number of nitrogens with two attached hydrogens (primary N) is 1. The van der Waals surface area contributed by atoms with Gasteiger partial charge in [-0.15, -0.1) is 0 Å². The quantitative estimate of drug-likeness (QED) is 0.568. The Bertz CT molecular complexity index is 724. The van der Waals surface area contributed by atoms with Crippen LogP contribution in [-0.2, 0) is 6.42 Å². The zero-order valence-electron chi connectivity index (χ0n) is 10.7. The van der Waals surface area contributed by atoms with E-state index in [-0.39, 0.29) is 6.04 Å². The highest BCUT2D eigenvalue weighted by atomic mass is 79.9. The molecule has 0 spiro atoms. The molecule has 0 radical (unpaired) electrons. The van der Waals surface area contributed by atoms with E-state index in [9.17, 15) is 0 Å². The Morgan fingerprint density at radius 3 is 3.05 bits per heavy atom. The third kappa shape index (κ3) is 2.58. The van der Waals surface area contributed by atoms with Gasteiger partial charge in [0.1, 0.15) is 0 Å². The minimum Gasteiger partial charge on any atom is -0.271 e. The van der Waals surface area contributed by atoms with Gasteiger partial charge in [0.2, 0.25) is 0 Å². The lowest BCUT2D eigenvalue weighted by Crippen LogP contribution is -2.29. The molecule has 0 fully saturated rings. The second kappa shape index (κ2) is 5.70. The number of nitrogens with zero attached hydrogens (tertiary/aromatic N) is 3. The highest BCUT2D eigenvalue weighted by molar-refractivity contribution is 9.10. The topological polar surface area (TPSA) is 68.2 Å². The number of hydrogen-bond acceptors (Lipinski definition) is 4. The van der Waals surface area contributed by atoms with E-state index >= 15 is 0 Å². The van der Waals surface area contributed by atoms with Crippen LogP contribution in [0.2, 0.25) is 0 Å². The van der Waals surface area contributed by atoms with Crippen molar-refractivity contribution < 1.29 is 0 Å². The first kappa shape index (κ1) is 13.2. The molecule has 2 aromatic heterocycles. The number of hydrazine groups is 1. The zero-order valence-corrected chi connectivity index (χ0v) is 12.3. The van der Waals surface area contributed by atoms with Crippen LogP contribution in [0.25, 0.3) is 5.52 Å². The molecule has 0 saturated heterocycles. The highest BCUT2D eigenvalue weighted by Gasteiger charge is 2.16. The van der Waals surface area contributed by atoms with Gasteiger partial charge in [-0.1, -0.05) is 28.1 Å². The van der Waals surface area contributed by atoms with Gasteiger partial charge in [0.25, 0.3) is 0 Å². The Morgan fingerprint density at radius 1 is 1.35 bits per heavy atom. The molecule has 3 rings (SSSR count). The molecule has 102 valence electrons. The van der Waals surface area contributed by atoms with Crippen LogP contribution in [0.15, 0.2) is 53.5 Å². The maximum absolute atomic E-state index is 5.72. The van der Waals surface area contributed by atoms with Crippen LogP contribution < -0.4 is 11.3 Å². The van der Waals surface area contributed by atoms with E-state index in [1.807, 2.05) is 24.5 Å². The van der Waals surface area contributed by atoms with Crippen LogP contribution >= 0.6 is 15.9 Å². The zero-order chi connectivity index (χ0) is 13.9. The first-order valence-electron chi connectivity index (χ1n) is 6.26. The molecule has 0 aliphatic rings. The van der Waals surface area contributed by atoms with Gasteiger partial charge >= 0.3 is 0 Å². The van der Waals surface area contributed by atoms with Crippen molar-refractivity contribution in [2.75, 3.05) is 0 Å². The smallest absolute Gasteiger partial charge is 0.0893 e. The van der Waals surface area contributed by atoms with Crippen LogP contribution in [0.1, 0.15) is 17.2 Å². The Balaban J connectivity index is 1.93. The fourth-order valence-electron chi connectivity index (χ4n) is 2.28. The summed E-state index contributed by atoms with van der Waals surface area (Å²) in [6, 6.07) is 8.19. The van der Waals surface area contributed by atoms with Crippen LogP contribution in [0.5, 0.6) is 0 Å². The van der Waals surface area contributed by atoms with Crippen molar-refractivity contribution in [3.8, 4) is 0 Å². The number of benzene rings is 1. The third-order valence-corrected chi connectivity index (χ3v) is 3.75. The average Bonchev–Trinajstić information content (AvgIpc) is 2.89. The van der Waals surface area contributed by atoms with Crippen LogP contribution in [0.3, 0.4) is 0 Å². The van der Waals surface area contributed by atoms with Gasteiger partial charge in [0.05, 0.1) is 24.0 Å². The van der Waals surface area contributed by atoms with Gasteiger partial charge in [-0.25, -0.2) is 4.52 Å². The summed E-state index contributed by atoms with van der Waals surface area (Å²) in [6.07, 6.45) is 7.95. The highest BCUT2D eigenvalue weighted by Crippen LogP contribution is 2.23. The number of halogens is 1. The third-order valence-electron chi connectivity index (χ3n) is 3.26. The van der Waals surface area contributed by atoms with Crippen molar-refractivity contribution >= 4 is 21.4 Å². The van der Waals surface area contributed by atoms with E-state index in [0.29, 0.717) is 0 Å². The molecule has 1 unspecified atom stereocenters. The maximum Gasteiger partial charge on any atom is 0.0893 e. The van der Waals surface area contributed by atoms with Gasteiger partial charge in [-0.2, -0.15) is 5.10 Å². The van der Waals surface area contributed by atoms with E-state index < -0.39 is 0 Å². The minimum absolute atomic E-state index is 0.00833. The van der Waals surface area contributed by atoms with Gasteiger partial charge in [-0.3, -0.25) is 16.3 Å². The monoisotopic (exact) mass is 331 g/mol. The molecule has 6 heteroatoms. The number of rotatable bonds is 4. The molecule has 1 atom stereocenters. The van der Waals surface area contributed by atoms with Crippen molar-refractivity contribution in [3.05, 3.63) is 64.7 Å². The predicted molar refractivity (Wildman–Crippen MR) is 80.9 cm³/mol. The fourth-order valence-corrected chi connectivity index (χ4v) is 2.73. The fraction of sp³-hybridized carbons (Fsp3) is 0.143. The molecule has 3 N–H and O–H groups in total. The molecule has 1 aromatic carbocycles. The molecule has 0 amide bonds. The summed E-state index contributed by atoms with van der Waals surface area (Å²) >= 11 is 3.48. The molecule has 2 heterocycles. The molecule has 5 nitrogen and oxygen atoms in total. The largest absolute Gasteiger partial charge is 0.271 e. The Morgan fingerprint density at radius 2 is 2.25 bits per heavy atom. The van der Waals surface area contributed by atoms with E-state index in [2.05, 4.69) is 43.6 Å². The molecule has 3 aromatic rings. The SMILES string of the molecule is NNC(Cc1cccc(Br)c1)c1cnn2ccncc12. The summed E-state index contributed by atoms with van der Waals surface area (Å²) in [5.74, 6) is 5.72. The first-order chi connectivity index (χ1) is 9.78. The summed E-state index contributed by atoms with van der Waals surface area (Å²) in [7, 11) is 0. The lowest BCUT2D eigenvalue weighted by atomic mass is 10.0. The Hall–Kier alpha value is -1.76. The second-order valence-corrected chi connectivity index (χ2v) is 5.48. The second-order valence-electron chi connectivity index (χ2n) is 4.56. The van der Waals surface area contributed by atoms with Gasteiger partial charge in [0.15, 0.2) is 0 Å². The summed E-state index contributed by atoms with van der Waals surface area (Å²) in [5, 5.41) is 4.32. The van der Waals surface area contributed by atoms with Crippen LogP contribution in [-0.4, -0.2) is 14.6 Å². The molecule has 0 aliphatic heterocycles. The van der Waals surface area contributed by atoms with Crippen LogP contribution in [0.4, 0.5) is 0 Å². The molecule has 0 aliphatic carbocycles. The van der Waals surface area contributed by atoms with Crippen molar-refractivity contribution in [1.29, 1.82) is 0 Å². The van der Waals surface area contributed by atoms with Crippen molar-refractivity contribution in [2.45, 2.75) is 12.5 Å². The van der Waals surface area contributed by atoms with E-state index in [1.54, 1.807) is 16.9 Å². The predicted octanol–water partition coefficient (Wildman–Crippen LogP) is 2.24. The number of nitrogens with one attached hydrogen (secondary N) is 1. The van der Waals surface area contributed by atoms with E-state index in [4.69, 9.17) is 5.84 Å². The minimum atomic E-state index is -0.00833. The van der Waals surface area contributed by atoms with Crippen molar-refractivity contribution in [2.24, 2.45) is 5.84 Å². The number of aromatic nitrogens is 3. The van der Waals surface area contributed by atoms with E-state index in [0.717, 1.165) is 22.0 Å².